The average Bonchev–Trinajstić information content (AvgIpc) is 3.98. The Kier molecular flexibility index (Phi) is 11.2. The number of hydrogen-bond acceptors (Lipinski definition) is 11. The highest BCUT2D eigenvalue weighted by molar-refractivity contribution is 6.05. The van der Waals surface area contributed by atoms with Crippen molar-refractivity contribution in [1.29, 1.82) is 0 Å². The van der Waals surface area contributed by atoms with Gasteiger partial charge in [-0.1, -0.05) is 12.2 Å². The van der Waals surface area contributed by atoms with E-state index in [-0.39, 0.29) is 55.4 Å². The Morgan fingerprint density at radius 1 is 0.726 bits per heavy atom. The van der Waals surface area contributed by atoms with Crippen LogP contribution in [0.3, 0.4) is 0 Å². The molecule has 1 aliphatic heterocycles. The Bertz CT molecular complexity index is 2810. The van der Waals surface area contributed by atoms with E-state index in [9.17, 15) is 29.1 Å². The Balaban J connectivity index is 1.19. The molecule has 5 heterocycles. The van der Waals surface area contributed by atoms with Crippen LogP contribution in [0.15, 0.2) is 48.6 Å². The number of aryl methyl sites for hydroxylation is 4. The monoisotopic (exact) mass is 846 g/mol. The topological polar surface area (TPSA) is 257 Å². The number of aromatic nitrogens is 8. The van der Waals surface area contributed by atoms with Gasteiger partial charge in [0.1, 0.15) is 33.9 Å². The Morgan fingerprint density at radius 3 is 1.68 bits per heavy atom. The maximum Gasteiger partial charge on any atom is 0.306 e. The molecule has 0 saturated heterocycles. The van der Waals surface area contributed by atoms with Gasteiger partial charge in [0.15, 0.2) is 0 Å². The number of nitrogens with two attached hydrogens (primary N) is 1. The third-order valence-corrected chi connectivity index (χ3v) is 10.8. The highest BCUT2D eigenvalue weighted by atomic mass is 16.5. The van der Waals surface area contributed by atoms with Gasteiger partial charge in [-0.25, -0.2) is 9.97 Å². The number of carbonyl (C=O) groups is 5. The van der Waals surface area contributed by atoms with Crippen LogP contribution in [0, 0.1) is 19.8 Å². The average molecular weight is 847 g/mol. The zero-order valence-electron chi connectivity index (χ0n) is 34.6. The molecule has 322 valence electrons. The molecule has 62 heavy (non-hydrogen) atoms. The second-order valence-electron chi connectivity index (χ2n) is 15.2. The van der Waals surface area contributed by atoms with Crippen molar-refractivity contribution >= 4 is 63.6 Å². The number of amides is 4. The summed E-state index contributed by atoms with van der Waals surface area (Å²) in [5.74, 6) is -2.40. The van der Waals surface area contributed by atoms with Crippen molar-refractivity contribution in [3.05, 3.63) is 82.5 Å². The number of imidazole rings is 2. The number of carboxylic acid groups (broad SMARTS) is 1. The minimum atomic E-state index is -0.896. The third-order valence-electron chi connectivity index (χ3n) is 10.8. The standard InChI is InChI=1S/C42H46N12O8/c1-5-53-30(14-22(3)49-53)38(57)47-41-45-28-18-24(36(43)55)20-32-34(28)51(41)10-7-8-11-52-35-29(46-42(52)48-39(58)31-15-23(4)50-54(31)6-2)19-25(21-33(35)62-13-9-12-61-32)37(56)44-27-16-26(17-27)40(59)60/h7-8,14-15,18-21,26-27H,5-6,9-13,16-17H2,1-4H3,(H2,43,55)(H,44,56)(H,59,60)(H,45,47,57)(H,46,48,58)/b8-7+/t26-,27+. The van der Waals surface area contributed by atoms with E-state index in [0.717, 1.165) is 0 Å². The van der Waals surface area contributed by atoms with Gasteiger partial charge in [-0.3, -0.25) is 44.0 Å². The first-order valence-corrected chi connectivity index (χ1v) is 20.4. The SMILES string of the molecule is CCn1nc(C)cc1C(=O)Nc1nc2cc(C(N)=O)cc3c2n1C/C=C/Cn1c(NC(=O)c2cc(C)nn2CC)nc2cc(C(=O)N[C@H]4C[C@@H](C(=O)O)C4)cc(c21)OCCCO3. The molecule has 8 rings (SSSR count). The van der Waals surface area contributed by atoms with E-state index in [4.69, 9.17) is 25.2 Å². The summed E-state index contributed by atoms with van der Waals surface area (Å²) < 4.78 is 19.4. The molecule has 0 spiro atoms. The smallest absolute Gasteiger partial charge is 0.306 e. The van der Waals surface area contributed by atoms with Crippen molar-refractivity contribution in [1.82, 2.24) is 44.0 Å². The molecule has 0 bridgehead atoms. The molecule has 0 atom stereocenters. The number of primary amides is 1. The number of allylic oxidation sites excluding steroid dienone is 2. The highest BCUT2D eigenvalue weighted by Crippen LogP contribution is 2.34. The van der Waals surface area contributed by atoms with Crippen LogP contribution in [0.2, 0.25) is 0 Å². The van der Waals surface area contributed by atoms with E-state index in [1.165, 1.54) is 6.07 Å². The van der Waals surface area contributed by atoms with Gasteiger partial charge in [-0.2, -0.15) is 10.2 Å². The lowest BCUT2D eigenvalue weighted by atomic mass is 9.80. The van der Waals surface area contributed by atoms with Gasteiger partial charge in [-0.15, -0.1) is 0 Å². The summed E-state index contributed by atoms with van der Waals surface area (Å²) in [4.78, 5) is 74.5. The van der Waals surface area contributed by atoms with Crippen molar-refractivity contribution in [2.45, 2.75) is 79.2 Å². The molecule has 20 nitrogen and oxygen atoms in total. The fourth-order valence-corrected chi connectivity index (χ4v) is 7.76. The van der Waals surface area contributed by atoms with Crippen LogP contribution in [-0.2, 0) is 31.0 Å². The van der Waals surface area contributed by atoms with Crippen LogP contribution < -0.4 is 31.2 Å². The fourth-order valence-electron chi connectivity index (χ4n) is 7.76. The minimum Gasteiger partial charge on any atom is -0.491 e. The summed E-state index contributed by atoms with van der Waals surface area (Å²) in [6.45, 7) is 8.87. The molecule has 6 N–H and O–H groups in total. The van der Waals surface area contributed by atoms with Gasteiger partial charge < -0.3 is 34.8 Å². The molecule has 1 saturated carbocycles. The van der Waals surface area contributed by atoms with Crippen LogP contribution >= 0.6 is 0 Å². The normalized spacial score (nSPS) is 16.9. The molecule has 20 heteroatoms. The number of nitrogens with zero attached hydrogens (tertiary/aromatic N) is 8. The molecule has 0 unspecified atom stereocenters. The van der Waals surface area contributed by atoms with Crippen LogP contribution in [0.25, 0.3) is 22.1 Å². The second-order valence-corrected chi connectivity index (χ2v) is 15.2. The van der Waals surface area contributed by atoms with Gasteiger partial charge in [0.2, 0.25) is 17.8 Å². The molecule has 2 aromatic carbocycles. The summed E-state index contributed by atoms with van der Waals surface area (Å²) in [6, 6.07) is 9.36. The quantitative estimate of drug-likeness (QED) is 0.122. The van der Waals surface area contributed by atoms with E-state index in [2.05, 4.69) is 26.1 Å². The van der Waals surface area contributed by atoms with Crippen LogP contribution in [0.4, 0.5) is 11.9 Å². The summed E-state index contributed by atoms with van der Waals surface area (Å²) in [5, 5.41) is 27.0. The fraction of sp³-hybridized carbons (Fsp3) is 0.357. The van der Waals surface area contributed by atoms with Crippen molar-refractivity contribution in [2.75, 3.05) is 23.8 Å². The van der Waals surface area contributed by atoms with Gasteiger partial charge in [0.05, 0.1) is 41.6 Å². The van der Waals surface area contributed by atoms with E-state index in [0.29, 0.717) is 88.7 Å². The molecular formula is C42H46N12O8. The van der Waals surface area contributed by atoms with Gasteiger partial charge in [0.25, 0.3) is 17.7 Å². The molecular weight excluding hydrogens is 801 g/mol. The van der Waals surface area contributed by atoms with Crippen LogP contribution in [0.5, 0.6) is 11.5 Å². The summed E-state index contributed by atoms with van der Waals surface area (Å²) in [6.07, 6.45) is 4.69. The van der Waals surface area contributed by atoms with E-state index >= 15 is 0 Å². The van der Waals surface area contributed by atoms with Crippen molar-refractivity contribution < 1.29 is 38.6 Å². The Labute approximate surface area is 354 Å². The third kappa shape index (κ3) is 8.05. The highest BCUT2D eigenvalue weighted by Gasteiger charge is 2.35. The van der Waals surface area contributed by atoms with Gasteiger partial charge in [-0.05, 0) is 76.9 Å². The maximum absolute atomic E-state index is 13.8. The number of rotatable bonds is 10. The second kappa shape index (κ2) is 16.9. The van der Waals surface area contributed by atoms with E-state index in [1.54, 1.807) is 62.7 Å². The number of nitrogens with one attached hydrogen (secondary N) is 3. The first kappa shape index (κ1) is 41.2. The first-order valence-electron chi connectivity index (χ1n) is 20.4. The lowest BCUT2D eigenvalue weighted by molar-refractivity contribution is -0.145. The number of aliphatic carboxylic acids is 1. The maximum atomic E-state index is 13.8. The van der Waals surface area contributed by atoms with Gasteiger partial charge >= 0.3 is 5.97 Å². The summed E-state index contributed by atoms with van der Waals surface area (Å²) in [7, 11) is 0. The molecule has 6 aromatic rings. The molecule has 1 aliphatic carbocycles. The molecule has 4 amide bonds. The molecule has 2 aliphatic rings. The summed E-state index contributed by atoms with van der Waals surface area (Å²) in [5.41, 5.74) is 9.89. The number of benzene rings is 2. The van der Waals surface area contributed by atoms with E-state index < -0.39 is 35.5 Å². The van der Waals surface area contributed by atoms with Gasteiger partial charge in [0, 0.05) is 49.8 Å². The molecule has 4 aromatic heterocycles. The Morgan fingerprint density at radius 2 is 1.21 bits per heavy atom. The van der Waals surface area contributed by atoms with Crippen molar-refractivity contribution in [3.8, 4) is 11.5 Å². The number of carbonyl (C=O) groups excluding carboxylic acids is 4. The number of carboxylic acids is 1. The Hall–Kier alpha value is -7.51. The molecule has 0 radical (unpaired) electrons. The number of ether oxygens (including phenoxy) is 2. The lowest BCUT2D eigenvalue weighted by Crippen LogP contribution is -2.46. The number of anilines is 2. The van der Waals surface area contributed by atoms with Crippen molar-refractivity contribution in [3.63, 3.8) is 0 Å². The predicted octanol–water partition coefficient (Wildman–Crippen LogP) is 4.05. The minimum absolute atomic E-state index is 0.116. The zero-order chi connectivity index (χ0) is 43.8. The van der Waals surface area contributed by atoms with Crippen LogP contribution in [0.1, 0.15) is 86.2 Å². The number of hydrogen-bond donors (Lipinski definition) is 5. The first-order chi connectivity index (χ1) is 29.8. The zero-order valence-corrected chi connectivity index (χ0v) is 34.6. The largest absolute Gasteiger partial charge is 0.491 e. The lowest BCUT2D eigenvalue weighted by Gasteiger charge is -2.32. The van der Waals surface area contributed by atoms with Crippen LogP contribution in [-0.4, -0.2) is 92.6 Å². The molecule has 1 fully saturated rings. The predicted molar refractivity (Wildman–Crippen MR) is 226 cm³/mol. The van der Waals surface area contributed by atoms with E-state index in [1.807, 2.05) is 26.0 Å². The van der Waals surface area contributed by atoms with Crippen molar-refractivity contribution in [2.24, 2.45) is 11.7 Å². The summed E-state index contributed by atoms with van der Waals surface area (Å²) >= 11 is 0.